The van der Waals surface area contributed by atoms with Gasteiger partial charge in [0.15, 0.2) is 11.5 Å². The molecule has 1 spiro atoms. The number of ether oxygens (including phenoxy) is 2. The summed E-state index contributed by atoms with van der Waals surface area (Å²) >= 11 is 0. The van der Waals surface area contributed by atoms with Gasteiger partial charge in [0, 0.05) is 12.0 Å². The third kappa shape index (κ3) is 3.23. The molecule has 5 N–H and O–H groups in total. The fourth-order valence-electron chi connectivity index (χ4n) is 4.68. The molecule has 4 saturated heterocycles. The summed E-state index contributed by atoms with van der Waals surface area (Å²) in [6, 6.07) is 2.05. The van der Waals surface area contributed by atoms with Crippen LogP contribution in [0.2, 0.25) is 0 Å². The summed E-state index contributed by atoms with van der Waals surface area (Å²) in [5.41, 5.74) is -1.65. The van der Waals surface area contributed by atoms with Crippen molar-refractivity contribution in [2.24, 2.45) is 0 Å². The molecule has 6 rings (SSSR count). The van der Waals surface area contributed by atoms with E-state index in [0.717, 1.165) is 15.9 Å². The highest BCUT2D eigenvalue weighted by Gasteiger charge is 2.68. The van der Waals surface area contributed by atoms with Crippen molar-refractivity contribution in [3.63, 3.8) is 0 Å². The topological polar surface area (TPSA) is 158 Å². The molecule has 34 heavy (non-hydrogen) atoms. The number of hydrogen-bond acceptors (Lipinski definition) is 12. The van der Waals surface area contributed by atoms with Gasteiger partial charge in [0.05, 0.1) is 19.5 Å². The first kappa shape index (κ1) is 23.9. The maximum Gasteiger partial charge on any atom is 0.272 e. The number of carbonyl (C=O) groups is 2. The van der Waals surface area contributed by atoms with Crippen LogP contribution in [0.15, 0.2) is 24.3 Å². The van der Waals surface area contributed by atoms with Gasteiger partial charge in [0.25, 0.3) is 11.8 Å². The number of hydrogen-bond donors (Lipinski definition) is 5. The number of carbonyl (C=O) groups excluding carboxylic acids is 2. The Morgan fingerprint density at radius 3 is 2.68 bits per heavy atom. The van der Waals surface area contributed by atoms with E-state index in [1.165, 1.54) is 47.0 Å². The number of phenols is 1. The quantitative estimate of drug-likeness (QED) is 0.268. The van der Waals surface area contributed by atoms with Gasteiger partial charge < -0.3 is 35.2 Å². The number of hydroxylamine groups is 2. The van der Waals surface area contributed by atoms with E-state index in [1.54, 1.807) is 12.1 Å². The van der Waals surface area contributed by atoms with Gasteiger partial charge in [-0.3, -0.25) is 14.4 Å². The van der Waals surface area contributed by atoms with Gasteiger partial charge in [-0.25, -0.2) is 0 Å². The average Bonchev–Trinajstić information content (AvgIpc) is 2.80. The normalized spacial score (nSPS) is 39.0. The summed E-state index contributed by atoms with van der Waals surface area (Å²) in [5.74, 6) is -1.04. The molecular formula is C20H22N2O9S3. The molecule has 1 aromatic carbocycles. The van der Waals surface area contributed by atoms with Crippen molar-refractivity contribution in [2.45, 2.75) is 46.5 Å². The predicted octanol–water partition coefficient (Wildman–Crippen LogP) is 0.244. The molecule has 4 aliphatic heterocycles. The maximum atomic E-state index is 13.6. The van der Waals surface area contributed by atoms with E-state index in [9.17, 15) is 30.0 Å². The van der Waals surface area contributed by atoms with Crippen LogP contribution in [-0.4, -0.2) is 86.3 Å². The van der Waals surface area contributed by atoms with Gasteiger partial charge in [-0.2, -0.15) is 5.06 Å². The van der Waals surface area contributed by atoms with Crippen LogP contribution in [0.5, 0.6) is 17.2 Å². The van der Waals surface area contributed by atoms with Crippen molar-refractivity contribution in [1.82, 2.24) is 10.4 Å². The number of piperazine rings is 1. The van der Waals surface area contributed by atoms with E-state index in [0.29, 0.717) is 11.3 Å². The van der Waals surface area contributed by atoms with E-state index < -0.39 is 51.9 Å². The molecule has 2 amide bonds. The summed E-state index contributed by atoms with van der Waals surface area (Å²) in [6.45, 7) is 0. The lowest BCUT2D eigenvalue weighted by Crippen LogP contribution is -2.79. The molecule has 0 aromatic heterocycles. The zero-order chi connectivity index (χ0) is 24.4. The van der Waals surface area contributed by atoms with Gasteiger partial charge >= 0.3 is 0 Å². The molecule has 184 valence electrons. The smallest absolute Gasteiger partial charge is 0.272 e. The maximum absolute atomic E-state index is 13.6. The van der Waals surface area contributed by atoms with Crippen LogP contribution in [0.4, 0.5) is 0 Å². The SMILES string of the molecule is COc1ccc([C@H]2SSS[C@@]34C[C@]5(O)[C@@H](O)C=C[C@@H](O)[C@@H]5ON3C(=O)[C@@H]2NC4=O)c(O)c1OC. The van der Waals surface area contributed by atoms with E-state index in [-0.39, 0.29) is 17.9 Å². The van der Waals surface area contributed by atoms with Crippen LogP contribution in [0.25, 0.3) is 0 Å². The third-order valence-electron chi connectivity index (χ3n) is 6.46. The molecule has 7 atom stereocenters. The van der Waals surface area contributed by atoms with E-state index in [4.69, 9.17) is 14.3 Å². The summed E-state index contributed by atoms with van der Waals surface area (Å²) in [6.07, 6.45) is -1.91. The van der Waals surface area contributed by atoms with Gasteiger partial charge in [0.1, 0.15) is 30.0 Å². The third-order valence-corrected chi connectivity index (χ3v) is 11.3. The van der Waals surface area contributed by atoms with E-state index in [1.807, 2.05) is 0 Å². The molecule has 11 nitrogen and oxygen atoms in total. The monoisotopic (exact) mass is 530 g/mol. The van der Waals surface area contributed by atoms with Crippen molar-refractivity contribution in [3.05, 3.63) is 29.8 Å². The van der Waals surface area contributed by atoms with Gasteiger partial charge in [-0.15, -0.1) is 0 Å². The first-order valence-electron chi connectivity index (χ1n) is 10.2. The molecule has 0 saturated carbocycles. The fraction of sp³-hybridized carbons (Fsp3) is 0.500. The number of rotatable bonds is 3. The molecule has 0 radical (unpaired) electrons. The standard InChI is InChI=1S/C20H22N2O9S3/c1-29-10-5-3-8(13(25)14(10)30-2)15-12-17(26)22-20(18(27)21-12,33-34-32-15)7-19(28)11(24)6-4-9(23)16(19)31-22/h3-6,9,11-12,15-16,23-25,28H,7H2,1-2H3,(H,21,27)/t9-,11+,12-,15-,16+,19+,20-/m1/s1. The first-order chi connectivity index (χ1) is 16.2. The zero-order valence-corrected chi connectivity index (χ0v) is 20.4. The Bertz CT molecular complexity index is 1070. The van der Waals surface area contributed by atoms with Crippen LogP contribution in [0.3, 0.4) is 0 Å². The highest BCUT2D eigenvalue weighted by Crippen LogP contribution is 2.61. The number of benzene rings is 1. The Kier molecular flexibility index (Phi) is 5.90. The number of amides is 2. The van der Waals surface area contributed by atoms with Crippen molar-refractivity contribution in [3.8, 4) is 17.2 Å². The molecule has 1 aromatic rings. The highest BCUT2D eigenvalue weighted by molar-refractivity contribution is 9.09. The molecule has 14 heteroatoms. The van der Waals surface area contributed by atoms with Gasteiger partial charge in [-0.05, 0) is 26.7 Å². The minimum Gasteiger partial charge on any atom is -0.504 e. The van der Waals surface area contributed by atoms with E-state index in [2.05, 4.69) is 5.32 Å². The van der Waals surface area contributed by atoms with E-state index >= 15 is 0 Å². The molecule has 4 fully saturated rings. The highest BCUT2D eigenvalue weighted by atomic mass is 33.5. The number of aromatic hydroxyl groups is 1. The predicted molar refractivity (Wildman–Crippen MR) is 124 cm³/mol. The van der Waals surface area contributed by atoms with Crippen LogP contribution in [0, 0.1) is 0 Å². The molecular weight excluding hydrogens is 508 g/mol. The number of phenolic OH excluding ortho intramolecular Hbond substituents is 1. The Morgan fingerprint density at radius 1 is 1.21 bits per heavy atom. The number of nitrogens with zero attached hydrogens (tertiary/aromatic N) is 1. The largest absolute Gasteiger partial charge is 0.504 e. The van der Waals surface area contributed by atoms with Crippen LogP contribution >= 0.6 is 31.4 Å². The van der Waals surface area contributed by atoms with Crippen molar-refractivity contribution in [2.75, 3.05) is 14.2 Å². The van der Waals surface area contributed by atoms with Crippen molar-refractivity contribution >= 4 is 43.2 Å². The first-order valence-corrected chi connectivity index (χ1v) is 13.8. The Hall–Kier alpha value is -1.81. The Balaban J connectivity index is 1.56. The van der Waals surface area contributed by atoms with Gasteiger partial charge in [0.2, 0.25) is 10.6 Å². The fourth-order valence-corrected chi connectivity index (χ4v) is 10.2. The minimum atomic E-state index is -1.99. The van der Waals surface area contributed by atoms with Crippen molar-refractivity contribution < 1.29 is 44.3 Å². The lowest BCUT2D eigenvalue weighted by molar-refractivity contribution is -0.326. The molecule has 2 bridgehead atoms. The van der Waals surface area contributed by atoms with Crippen LogP contribution in [-0.2, 0) is 14.4 Å². The lowest BCUT2D eigenvalue weighted by Gasteiger charge is -2.58. The molecule has 1 aliphatic carbocycles. The zero-order valence-electron chi connectivity index (χ0n) is 17.9. The lowest BCUT2D eigenvalue weighted by atomic mass is 9.76. The second kappa shape index (κ2) is 8.40. The molecule has 4 heterocycles. The summed E-state index contributed by atoms with van der Waals surface area (Å²) in [7, 11) is 6.23. The number of aliphatic hydroxyl groups excluding tert-OH is 2. The summed E-state index contributed by atoms with van der Waals surface area (Å²) in [4.78, 5) is 31.2. The second-order valence-corrected chi connectivity index (χ2v) is 12.7. The molecule has 5 aliphatic rings. The number of nitrogens with one attached hydrogen (secondary N) is 1. The minimum absolute atomic E-state index is 0.0923. The summed E-state index contributed by atoms with van der Waals surface area (Å²) in [5, 5.41) is 45.8. The number of fused-ring (bicyclic) bond motifs is 5. The molecule has 0 unspecified atom stereocenters. The Labute approximate surface area is 205 Å². The Morgan fingerprint density at radius 2 is 1.97 bits per heavy atom. The number of methoxy groups -OCH3 is 2. The van der Waals surface area contributed by atoms with Crippen LogP contribution < -0.4 is 14.8 Å². The summed E-state index contributed by atoms with van der Waals surface area (Å²) < 4.78 is 10.5. The average molecular weight is 531 g/mol. The number of aliphatic hydroxyl groups is 3. The van der Waals surface area contributed by atoms with Crippen molar-refractivity contribution in [1.29, 1.82) is 0 Å². The van der Waals surface area contributed by atoms with Crippen LogP contribution in [0.1, 0.15) is 17.2 Å². The van der Waals surface area contributed by atoms with Gasteiger partial charge in [-0.1, -0.05) is 29.0 Å². The second-order valence-electron chi connectivity index (χ2n) is 8.29.